The Bertz CT molecular complexity index is 1230. The molecule has 0 saturated carbocycles. The molecular formula is C25H23F3N4. The summed E-state index contributed by atoms with van der Waals surface area (Å²) in [7, 11) is 0. The first-order chi connectivity index (χ1) is 15.4. The number of nitrogens with zero attached hydrogens (tertiary/aromatic N) is 2. The maximum absolute atomic E-state index is 12.8. The van der Waals surface area contributed by atoms with E-state index in [1.54, 1.807) is 0 Å². The highest BCUT2D eigenvalue weighted by atomic mass is 19.4. The lowest BCUT2D eigenvalue weighted by molar-refractivity contribution is -0.144. The van der Waals surface area contributed by atoms with Crippen molar-refractivity contribution in [1.29, 1.82) is 0 Å². The number of hydrogen-bond acceptors (Lipinski definition) is 3. The van der Waals surface area contributed by atoms with Crippen LogP contribution in [0.1, 0.15) is 54.5 Å². The molecule has 0 aliphatic heterocycles. The summed E-state index contributed by atoms with van der Waals surface area (Å²) in [5.74, 6) is -1.12. The smallest absolute Gasteiger partial charge is 0.357 e. The van der Waals surface area contributed by atoms with Gasteiger partial charge in [-0.1, -0.05) is 36.4 Å². The van der Waals surface area contributed by atoms with Crippen LogP contribution >= 0.6 is 0 Å². The van der Waals surface area contributed by atoms with Crippen molar-refractivity contribution in [2.75, 3.05) is 0 Å². The topological polar surface area (TPSA) is 53.6 Å². The molecule has 1 unspecified atom stereocenters. The van der Waals surface area contributed by atoms with Crippen LogP contribution in [-0.4, -0.2) is 15.0 Å². The fraction of sp³-hybridized carbons (Fsp3) is 0.280. The molecule has 1 aliphatic carbocycles. The number of benzene rings is 2. The zero-order valence-corrected chi connectivity index (χ0v) is 17.6. The van der Waals surface area contributed by atoms with E-state index in [1.165, 1.54) is 29.2 Å². The summed E-state index contributed by atoms with van der Waals surface area (Å²) in [5.41, 5.74) is 6.14. The molecule has 7 heteroatoms. The van der Waals surface area contributed by atoms with Crippen molar-refractivity contribution in [3.63, 3.8) is 0 Å². The molecule has 2 atom stereocenters. The summed E-state index contributed by atoms with van der Waals surface area (Å²) >= 11 is 0. The molecule has 2 N–H and O–H groups in total. The van der Waals surface area contributed by atoms with Crippen molar-refractivity contribution in [3.8, 4) is 11.1 Å². The van der Waals surface area contributed by atoms with Crippen molar-refractivity contribution in [3.05, 3.63) is 83.6 Å². The molecule has 164 valence electrons. The van der Waals surface area contributed by atoms with Crippen LogP contribution in [0.4, 0.5) is 13.2 Å². The number of aromatic amines is 1. The quantitative estimate of drug-likeness (QED) is 0.391. The molecule has 2 aromatic heterocycles. The number of rotatable bonds is 4. The third kappa shape index (κ3) is 3.88. The minimum Gasteiger partial charge on any atom is -0.357 e. The van der Waals surface area contributed by atoms with Crippen molar-refractivity contribution in [2.45, 2.75) is 44.4 Å². The number of alkyl halides is 3. The second kappa shape index (κ2) is 8.06. The van der Waals surface area contributed by atoms with Crippen molar-refractivity contribution >= 4 is 10.9 Å². The van der Waals surface area contributed by atoms with Gasteiger partial charge >= 0.3 is 6.18 Å². The first-order valence-corrected chi connectivity index (χ1v) is 10.8. The molecular weight excluding hydrogens is 413 g/mol. The maximum Gasteiger partial charge on any atom is 0.451 e. The van der Waals surface area contributed by atoms with Crippen LogP contribution in [0.25, 0.3) is 22.0 Å². The van der Waals surface area contributed by atoms with Crippen LogP contribution in [0.3, 0.4) is 0 Å². The van der Waals surface area contributed by atoms with E-state index >= 15 is 0 Å². The average molecular weight is 436 g/mol. The van der Waals surface area contributed by atoms with Crippen LogP contribution in [0.2, 0.25) is 0 Å². The molecule has 4 aromatic rings. The molecule has 2 heterocycles. The monoisotopic (exact) mass is 436 g/mol. The van der Waals surface area contributed by atoms with Crippen LogP contribution in [0, 0.1) is 0 Å². The van der Waals surface area contributed by atoms with Gasteiger partial charge in [0.15, 0.2) is 0 Å². The van der Waals surface area contributed by atoms with Gasteiger partial charge in [-0.05, 0) is 55.0 Å². The number of hydrogen-bond donors (Lipinski definition) is 2. The normalized spacial score (nSPS) is 17.3. The summed E-state index contributed by atoms with van der Waals surface area (Å²) in [5, 5.41) is 4.87. The molecule has 32 heavy (non-hydrogen) atoms. The standard InChI is InChI=1S/C25H23F3N4/c1-15(16-6-3-2-4-7-16)31-22-9-5-8-19-20-12-17(10-11-21(20)32-23(19)22)18-13-29-24(30-14-18)25(26,27)28/h2-4,6-7,10-15,22,31-32H,5,8-9H2,1H3/t15-,22?/m1/s1. The number of aryl methyl sites for hydroxylation is 1. The molecule has 2 aromatic carbocycles. The summed E-state index contributed by atoms with van der Waals surface area (Å²) < 4.78 is 38.3. The predicted octanol–water partition coefficient (Wildman–Crippen LogP) is 6.37. The highest BCUT2D eigenvalue weighted by Crippen LogP contribution is 2.37. The van der Waals surface area contributed by atoms with Gasteiger partial charge in [-0.25, -0.2) is 9.97 Å². The minimum absolute atomic E-state index is 0.221. The van der Waals surface area contributed by atoms with Gasteiger partial charge in [0, 0.05) is 46.6 Å². The number of H-pyrrole nitrogens is 1. The zero-order valence-electron chi connectivity index (χ0n) is 17.6. The summed E-state index contributed by atoms with van der Waals surface area (Å²) in [6, 6.07) is 16.7. The van der Waals surface area contributed by atoms with Crippen LogP contribution in [-0.2, 0) is 12.6 Å². The Labute approximate surface area is 183 Å². The lowest BCUT2D eigenvalue weighted by Crippen LogP contribution is -2.27. The molecule has 4 nitrogen and oxygen atoms in total. The Balaban J connectivity index is 1.46. The van der Waals surface area contributed by atoms with Gasteiger partial charge in [0.1, 0.15) is 0 Å². The predicted molar refractivity (Wildman–Crippen MR) is 118 cm³/mol. The SMILES string of the molecule is C[C@@H](NC1CCCc2c1[nH]c1ccc(-c3cnc(C(F)(F)F)nc3)cc21)c1ccccc1. The molecule has 0 radical (unpaired) electrons. The number of nitrogens with one attached hydrogen (secondary N) is 2. The molecule has 0 amide bonds. The van der Waals surface area contributed by atoms with Gasteiger partial charge in [0.25, 0.3) is 0 Å². The summed E-state index contributed by atoms with van der Waals surface area (Å²) in [4.78, 5) is 10.6. The Kier molecular flexibility index (Phi) is 5.21. The maximum atomic E-state index is 12.8. The second-order valence-corrected chi connectivity index (χ2v) is 8.31. The van der Waals surface area contributed by atoms with Gasteiger partial charge in [0.05, 0.1) is 0 Å². The molecule has 0 spiro atoms. The number of aromatic nitrogens is 3. The Hall–Kier alpha value is -3.19. The van der Waals surface area contributed by atoms with E-state index in [9.17, 15) is 13.2 Å². The van der Waals surface area contributed by atoms with Crippen molar-refractivity contribution in [1.82, 2.24) is 20.3 Å². The fourth-order valence-electron chi connectivity index (χ4n) is 4.57. The molecule has 0 saturated heterocycles. The van der Waals surface area contributed by atoms with E-state index in [0.717, 1.165) is 35.7 Å². The summed E-state index contributed by atoms with van der Waals surface area (Å²) in [6.07, 6.45) is 1.04. The van der Waals surface area contributed by atoms with E-state index in [2.05, 4.69) is 51.5 Å². The van der Waals surface area contributed by atoms with Crippen molar-refractivity contribution < 1.29 is 13.2 Å². The van der Waals surface area contributed by atoms with E-state index in [4.69, 9.17) is 0 Å². The van der Waals surface area contributed by atoms with Crippen LogP contribution in [0.15, 0.2) is 60.9 Å². The first kappa shape index (κ1) is 20.7. The van der Waals surface area contributed by atoms with Crippen LogP contribution in [0.5, 0.6) is 0 Å². The first-order valence-electron chi connectivity index (χ1n) is 10.8. The second-order valence-electron chi connectivity index (χ2n) is 8.31. The highest BCUT2D eigenvalue weighted by Gasteiger charge is 2.34. The largest absolute Gasteiger partial charge is 0.451 e. The third-order valence-corrected chi connectivity index (χ3v) is 6.20. The van der Waals surface area contributed by atoms with E-state index in [-0.39, 0.29) is 12.1 Å². The third-order valence-electron chi connectivity index (χ3n) is 6.20. The van der Waals surface area contributed by atoms with Gasteiger partial charge in [0.2, 0.25) is 5.82 Å². The Morgan fingerprint density at radius 1 is 1.03 bits per heavy atom. The molecule has 0 fully saturated rings. The number of fused-ring (bicyclic) bond motifs is 3. The summed E-state index contributed by atoms with van der Waals surface area (Å²) in [6.45, 7) is 2.18. The Morgan fingerprint density at radius 3 is 2.50 bits per heavy atom. The van der Waals surface area contributed by atoms with Crippen LogP contribution < -0.4 is 5.32 Å². The Morgan fingerprint density at radius 2 is 1.78 bits per heavy atom. The molecule has 5 rings (SSSR count). The number of halogens is 3. The van der Waals surface area contributed by atoms with Gasteiger partial charge in [-0.15, -0.1) is 0 Å². The minimum atomic E-state index is -4.54. The van der Waals surface area contributed by atoms with Gasteiger partial charge < -0.3 is 10.3 Å². The molecule has 0 bridgehead atoms. The highest BCUT2D eigenvalue weighted by molar-refractivity contribution is 5.89. The van der Waals surface area contributed by atoms with E-state index < -0.39 is 12.0 Å². The van der Waals surface area contributed by atoms with Crippen molar-refractivity contribution in [2.24, 2.45) is 0 Å². The van der Waals surface area contributed by atoms with E-state index in [1.807, 2.05) is 24.3 Å². The molecule has 1 aliphatic rings. The average Bonchev–Trinajstić information content (AvgIpc) is 3.18. The zero-order chi connectivity index (χ0) is 22.3. The van der Waals surface area contributed by atoms with E-state index in [0.29, 0.717) is 5.56 Å². The lowest BCUT2D eigenvalue weighted by Gasteiger charge is -2.27. The van der Waals surface area contributed by atoms with Gasteiger partial charge in [-0.3, -0.25) is 0 Å². The lowest BCUT2D eigenvalue weighted by atomic mass is 9.90. The fourth-order valence-corrected chi connectivity index (χ4v) is 4.57. The van der Waals surface area contributed by atoms with Gasteiger partial charge in [-0.2, -0.15) is 13.2 Å².